The van der Waals surface area contributed by atoms with Gasteiger partial charge in [0, 0.05) is 24.9 Å². The first kappa shape index (κ1) is 24.2. The first-order chi connectivity index (χ1) is 15.8. The van der Waals surface area contributed by atoms with Crippen LogP contribution in [0.25, 0.3) is 0 Å². The van der Waals surface area contributed by atoms with Crippen molar-refractivity contribution in [3.63, 3.8) is 0 Å². The highest BCUT2D eigenvalue weighted by molar-refractivity contribution is 5.96. The summed E-state index contributed by atoms with van der Waals surface area (Å²) in [6.45, 7) is 1.16. The van der Waals surface area contributed by atoms with Crippen molar-refractivity contribution >= 4 is 29.6 Å². The molecule has 33 heavy (non-hydrogen) atoms. The highest BCUT2D eigenvalue weighted by Gasteiger charge is 2.39. The number of aromatic amines is 1. The molecular weight excluding hydrogens is 434 g/mol. The Morgan fingerprint density at radius 3 is 2.58 bits per heavy atom. The Morgan fingerprint density at radius 1 is 1.18 bits per heavy atom. The molecule has 0 aromatic carbocycles. The highest BCUT2D eigenvalue weighted by atomic mass is 16.4. The van der Waals surface area contributed by atoms with Crippen molar-refractivity contribution in [2.75, 3.05) is 13.1 Å². The maximum absolute atomic E-state index is 13.0. The topological polar surface area (TPSA) is 200 Å². The zero-order chi connectivity index (χ0) is 24.0. The van der Waals surface area contributed by atoms with Gasteiger partial charge >= 0.3 is 5.97 Å². The minimum Gasteiger partial charge on any atom is -0.480 e. The van der Waals surface area contributed by atoms with Gasteiger partial charge in [0.25, 0.3) is 0 Å². The fourth-order valence-electron chi connectivity index (χ4n) is 4.17. The number of hydrogen-bond donors (Lipinski definition) is 6. The van der Waals surface area contributed by atoms with Crippen molar-refractivity contribution in [2.24, 2.45) is 5.73 Å². The lowest BCUT2D eigenvalue weighted by molar-refractivity contribution is -0.143. The second-order valence-corrected chi connectivity index (χ2v) is 8.25. The average Bonchev–Trinajstić information content (AvgIpc) is 3.54. The van der Waals surface area contributed by atoms with E-state index in [-0.39, 0.29) is 18.4 Å². The van der Waals surface area contributed by atoms with Gasteiger partial charge in [-0.05, 0) is 32.2 Å². The van der Waals surface area contributed by atoms with Gasteiger partial charge in [-0.1, -0.05) is 0 Å². The monoisotopic (exact) mass is 463 g/mol. The molecule has 0 radical (unpaired) electrons. The Kier molecular flexibility index (Phi) is 7.98. The maximum atomic E-state index is 13.0. The van der Waals surface area contributed by atoms with Crippen LogP contribution in [-0.2, 0) is 30.4 Å². The molecule has 0 spiro atoms. The number of carboxylic acid groups (broad SMARTS) is 1. The molecule has 2 saturated heterocycles. The van der Waals surface area contributed by atoms with Crippen LogP contribution in [0.3, 0.4) is 0 Å². The van der Waals surface area contributed by atoms with E-state index in [1.807, 2.05) is 0 Å². The van der Waals surface area contributed by atoms with Crippen LogP contribution in [-0.4, -0.2) is 86.8 Å². The Morgan fingerprint density at radius 2 is 1.97 bits per heavy atom. The van der Waals surface area contributed by atoms with Gasteiger partial charge < -0.3 is 36.7 Å². The van der Waals surface area contributed by atoms with Crippen LogP contribution >= 0.6 is 0 Å². The zero-order valence-corrected chi connectivity index (χ0v) is 18.1. The number of imidazole rings is 1. The van der Waals surface area contributed by atoms with Gasteiger partial charge in [-0.15, -0.1) is 0 Å². The lowest BCUT2D eigenvalue weighted by Crippen LogP contribution is -2.57. The number of hydrogen-bond acceptors (Lipinski definition) is 7. The van der Waals surface area contributed by atoms with Crippen LogP contribution in [0.5, 0.6) is 0 Å². The van der Waals surface area contributed by atoms with Crippen molar-refractivity contribution in [3.8, 4) is 0 Å². The fourth-order valence-corrected chi connectivity index (χ4v) is 4.17. The molecule has 0 aliphatic carbocycles. The summed E-state index contributed by atoms with van der Waals surface area (Å²) < 4.78 is 0. The third kappa shape index (κ3) is 6.28. The molecule has 2 fully saturated rings. The van der Waals surface area contributed by atoms with E-state index < -0.39 is 48.2 Å². The lowest BCUT2D eigenvalue weighted by atomic mass is 10.1. The Bertz CT molecular complexity index is 883. The molecule has 2 aliphatic rings. The van der Waals surface area contributed by atoms with Gasteiger partial charge in [0.15, 0.2) is 0 Å². The summed E-state index contributed by atoms with van der Waals surface area (Å²) in [5.41, 5.74) is 5.73. The Labute approximate surface area is 189 Å². The van der Waals surface area contributed by atoms with Crippen LogP contribution in [0.2, 0.25) is 0 Å². The van der Waals surface area contributed by atoms with Crippen molar-refractivity contribution < 1.29 is 29.1 Å². The summed E-state index contributed by atoms with van der Waals surface area (Å²) in [5, 5.41) is 17.4. The predicted molar refractivity (Wildman–Crippen MR) is 113 cm³/mol. The van der Waals surface area contributed by atoms with Crippen LogP contribution in [0, 0.1) is 0 Å². The number of carboxylic acids is 1. The first-order valence-corrected chi connectivity index (χ1v) is 10.9. The van der Waals surface area contributed by atoms with Crippen LogP contribution in [0.15, 0.2) is 12.5 Å². The standard InChI is InChI=1S/C20H29N7O6/c21-16(28)8-13(17(29)26-14(20(32)33)7-11-9-22-10-24-11)25-18(30)15-4-2-6-27(15)19(31)12-3-1-5-23-12/h9-10,12-15,23H,1-8H2,(H2,21,28)(H,22,24)(H,25,30)(H,26,29)(H,32,33). The van der Waals surface area contributed by atoms with Gasteiger partial charge in [-0.25, -0.2) is 9.78 Å². The smallest absolute Gasteiger partial charge is 0.326 e. The maximum Gasteiger partial charge on any atom is 0.326 e. The number of carbonyl (C=O) groups excluding carboxylic acids is 4. The van der Waals surface area contributed by atoms with E-state index >= 15 is 0 Å². The summed E-state index contributed by atoms with van der Waals surface area (Å²) in [7, 11) is 0. The molecule has 1 aromatic rings. The van der Waals surface area contributed by atoms with Crippen molar-refractivity contribution in [1.82, 2.24) is 30.8 Å². The predicted octanol–water partition coefficient (Wildman–Crippen LogP) is -2.38. The Balaban J connectivity index is 1.66. The highest BCUT2D eigenvalue weighted by Crippen LogP contribution is 2.21. The van der Waals surface area contributed by atoms with Crippen LogP contribution in [0.1, 0.15) is 37.8 Å². The van der Waals surface area contributed by atoms with Crippen LogP contribution < -0.4 is 21.7 Å². The minimum absolute atomic E-state index is 0.0718. The fraction of sp³-hybridized carbons (Fsp3) is 0.600. The van der Waals surface area contributed by atoms with E-state index in [1.165, 1.54) is 17.4 Å². The Hall–Kier alpha value is -3.48. The van der Waals surface area contributed by atoms with Gasteiger partial charge in [0.1, 0.15) is 18.1 Å². The summed E-state index contributed by atoms with van der Waals surface area (Å²) >= 11 is 0. The van der Waals surface area contributed by atoms with Crippen molar-refractivity contribution in [1.29, 1.82) is 0 Å². The molecule has 0 saturated carbocycles. The molecule has 2 aliphatic heterocycles. The number of nitrogens with two attached hydrogens (primary N) is 1. The first-order valence-electron chi connectivity index (χ1n) is 10.9. The molecule has 13 nitrogen and oxygen atoms in total. The van der Waals surface area contributed by atoms with E-state index in [1.54, 1.807) is 0 Å². The van der Waals surface area contributed by atoms with E-state index in [0.29, 0.717) is 31.5 Å². The number of amides is 4. The van der Waals surface area contributed by atoms with E-state index in [4.69, 9.17) is 5.73 Å². The minimum atomic E-state index is -1.37. The molecule has 4 amide bonds. The summed E-state index contributed by atoms with van der Waals surface area (Å²) in [6, 6.07) is -3.80. The van der Waals surface area contributed by atoms with E-state index in [9.17, 15) is 29.1 Å². The number of primary amides is 1. The molecule has 180 valence electrons. The number of H-pyrrole nitrogens is 1. The SMILES string of the molecule is NC(=O)CC(NC(=O)C1CCCN1C(=O)C1CCCN1)C(=O)NC(Cc1cnc[nH]1)C(=O)O. The zero-order valence-electron chi connectivity index (χ0n) is 18.1. The third-order valence-corrected chi connectivity index (χ3v) is 5.83. The van der Waals surface area contributed by atoms with Gasteiger partial charge in [-0.2, -0.15) is 0 Å². The summed E-state index contributed by atoms with van der Waals surface area (Å²) in [4.78, 5) is 69.7. The normalized spacial score (nSPS) is 21.9. The average molecular weight is 463 g/mol. The van der Waals surface area contributed by atoms with Gasteiger partial charge in [-0.3, -0.25) is 19.2 Å². The second kappa shape index (κ2) is 10.9. The number of carbonyl (C=O) groups is 5. The van der Waals surface area contributed by atoms with E-state index in [2.05, 4.69) is 25.9 Å². The van der Waals surface area contributed by atoms with Crippen molar-refractivity contribution in [3.05, 3.63) is 18.2 Å². The number of nitrogens with zero attached hydrogens (tertiary/aromatic N) is 2. The lowest BCUT2D eigenvalue weighted by Gasteiger charge is -2.28. The molecule has 13 heteroatoms. The summed E-state index contributed by atoms with van der Waals surface area (Å²) in [6.07, 6.45) is 4.85. The third-order valence-electron chi connectivity index (χ3n) is 5.83. The molecular formula is C20H29N7O6. The van der Waals surface area contributed by atoms with Gasteiger partial charge in [0.2, 0.25) is 23.6 Å². The molecule has 3 rings (SSSR count). The van der Waals surface area contributed by atoms with Crippen LogP contribution in [0.4, 0.5) is 0 Å². The number of aromatic nitrogens is 2. The largest absolute Gasteiger partial charge is 0.480 e. The number of likely N-dealkylation sites (tertiary alicyclic amines) is 1. The molecule has 4 unspecified atom stereocenters. The number of nitrogens with one attached hydrogen (secondary N) is 4. The molecule has 7 N–H and O–H groups in total. The quantitative estimate of drug-likeness (QED) is 0.221. The molecule has 1 aromatic heterocycles. The molecule has 4 atom stereocenters. The summed E-state index contributed by atoms with van der Waals surface area (Å²) in [5.74, 6) is -3.74. The number of aliphatic carboxylic acids is 1. The van der Waals surface area contributed by atoms with Gasteiger partial charge in [0.05, 0.1) is 18.8 Å². The second-order valence-electron chi connectivity index (χ2n) is 8.25. The van der Waals surface area contributed by atoms with E-state index in [0.717, 1.165) is 13.0 Å². The van der Waals surface area contributed by atoms with Crippen molar-refractivity contribution in [2.45, 2.75) is 62.7 Å². The molecule has 0 bridgehead atoms. The number of rotatable bonds is 10. The molecule has 3 heterocycles.